The first-order valence-corrected chi connectivity index (χ1v) is 5.31. The molecule has 1 aromatic rings. The van der Waals surface area contributed by atoms with Crippen LogP contribution in [-0.4, -0.2) is 13.6 Å². The zero-order valence-electron chi connectivity index (χ0n) is 8.26. The molecule has 70 valence electrons. The van der Waals surface area contributed by atoms with Crippen LogP contribution >= 0.6 is 15.9 Å². The second-order valence-corrected chi connectivity index (χ2v) is 5.32. The van der Waals surface area contributed by atoms with Crippen molar-refractivity contribution in [3.8, 4) is 0 Å². The quantitative estimate of drug-likeness (QED) is 0.673. The highest BCUT2D eigenvalue weighted by molar-refractivity contribution is 9.10. The van der Waals surface area contributed by atoms with Crippen molar-refractivity contribution >= 4 is 21.6 Å². The van der Waals surface area contributed by atoms with Gasteiger partial charge in [0.15, 0.2) is 0 Å². The Kier molecular flexibility index (Phi) is 1.91. The Morgan fingerprint density at radius 1 is 1.38 bits per heavy atom. The SMILES string of the molecule is CN1CC(C)(C)c2cc(Br)ccc21. The first-order chi connectivity index (χ1) is 6.00. The van der Waals surface area contributed by atoms with E-state index in [9.17, 15) is 0 Å². The monoisotopic (exact) mass is 239 g/mol. The molecule has 1 aliphatic heterocycles. The fraction of sp³-hybridized carbons (Fsp3) is 0.455. The van der Waals surface area contributed by atoms with E-state index in [-0.39, 0.29) is 5.41 Å². The zero-order valence-corrected chi connectivity index (χ0v) is 9.85. The van der Waals surface area contributed by atoms with E-state index < -0.39 is 0 Å². The average molecular weight is 240 g/mol. The third kappa shape index (κ3) is 1.37. The summed E-state index contributed by atoms with van der Waals surface area (Å²) in [6.45, 7) is 5.70. The molecule has 0 aromatic heterocycles. The maximum Gasteiger partial charge on any atom is 0.0403 e. The van der Waals surface area contributed by atoms with Crippen LogP contribution < -0.4 is 4.90 Å². The molecule has 0 aliphatic carbocycles. The molecule has 0 atom stereocenters. The summed E-state index contributed by atoms with van der Waals surface area (Å²) < 4.78 is 1.18. The highest BCUT2D eigenvalue weighted by Crippen LogP contribution is 2.40. The van der Waals surface area contributed by atoms with Gasteiger partial charge in [0.25, 0.3) is 0 Å². The Morgan fingerprint density at radius 3 is 2.77 bits per heavy atom. The minimum absolute atomic E-state index is 0.286. The fourth-order valence-corrected chi connectivity index (χ4v) is 2.51. The van der Waals surface area contributed by atoms with Crippen LogP contribution in [0.25, 0.3) is 0 Å². The minimum atomic E-state index is 0.286. The van der Waals surface area contributed by atoms with Gasteiger partial charge >= 0.3 is 0 Å². The molecule has 2 heteroatoms. The lowest BCUT2D eigenvalue weighted by molar-refractivity contribution is 0.563. The van der Waals surface area contributed by atoms with Crippen LogP contribution in [0.3, 0.4) is 0 Å². The van der Waals surface area contributed by atoms with Gasteiger partial charge in [-0.2, -0.15) is 0 Å². The molecule has 0 unspecified atom stereocenters. The van der Waals surface area contributed by atoms with Gasteiger partial charge in [-0.15, -0.1) is 0 Å². The van der Waals surface area contributed by atoms with Crippen molar-refractivity contribution in [3.63, 3.8) is 0 Å². The normalized spacial score (nSPS) is 18.9. The maximum absolute atomic E-state index is 3.52. The average Bonchev–Trinajstić information content (AvgIpc) is 2.23. The topological polar surface area (TPSA) is 3.24 Å². The summed E-state index contributed by atoms with van der Waals surface area (Å²) in [6, 6.07) is 6.53. The van der Waals surface area contributed by atoms with Crippen molar-refractivity contribution in [3.05, 3.63) is 28.2 Å². The van der Waals surface area contributed by atoms with Crippen molar-refractivity contribution in [2.75, 3.05) is 18.5 Å². The minimum Gasteiger partial charge on any atom is -0.373 e. The highest BCUT2D eigenvalue weighted by atomic mass is 79.9. The number of hydrogen-bond acceptors (Lipinski definition) is 1. The lowest BCUT2D eigenvalue weighted by Crippen LogP contribution is -2.24. The van der Waals surface area contributed by atoms with Gasteiger partial charge in [0.2, 0.25) is 0 Å². The molecule has 2 rings (SSSR count). The second kappa shape index (κ2) is 2.74. The van der Waals surface area contributed by atoms with E-state index in [0.29, 0.717) is 0 Å². The van der Waals surface area contributed by atoms with Crippen molar-refractivity contribution in [1.29, 1.82) is 0 Å². The molecule has 0 spiro atoms. The lowest BCUT2D eigenvalue weighted by atomic mass is 9.87. The predicted molar refractivity (Wildman–Crippen MR) is 60.4 cm³/mol. The van der Waals surface area contributed by atoms with Crippen LogP contribution in [-0.2, 0) is 5.41 Å². The summed E-state index contributed by atoms with van der Waals surface area (Å²) >= 11 is 3.52. The summed E-state index contributed by atoms with van der Waals surface area (Å²) in [6.07, 6.45) is 0. The van der Waals surface area contributed by atoms with E-state index in [1.807, 2.05) is 0 Å². The van der Waals surface area contributed by atoms with Gasteiger partial charge in [0.1, 0.15) is 0 Å². The lowest BCUT2D eigenvalue weighted by Gasteiger charge is -2.18. The van der Waals surface area contributed by atoms with Gasteiger partial charge in [0.05, 0.1) is 0 Å². The number of hydrogen-bond donors (Lipinski definition) is 0. The van der Waals surface area contributed by atoms with Gasteiger partial charge in [-0.25, -0.2) is 0 Å². The number of nitrogens with zero attached hydrogens (tertiary/aromatic N) is 1. The Balaban J connectivity index is 2.60. The molecular formula is C11H14BrN. The fourth-order valence-electron chi connectivity index (χ4n) is 2.15. The van der Waals surface area contributed by atoms with E-state index in [0.717, 1.165) is 6.54 Å². The Hall–Kier alpha value is -0.500. The van der Waals surface area contributed by atoms with Crippen molar-refractivity contribution < 1.29 is 0 Å². The van der Waals surface area contributed by atoms with Crippen LogP contribution in [0.4, 0.5) is 5.69 Å². The summed E-state index contributed by atoms with van der Waals surface area (Å²) in [5, 5.41) is 0. The van der Waals surface area contributed by atoms with Gasteiger partial charge in [-0.1, -0.05) is 29.8 Å². The zero-order chi connectivity index (χ0) is 9.64. The molecule has 13 heavy (non-hydrogen) atoms. The molecule has 0 saturated carbocycles. The number of likely N-dealkylation sites (N-methyl/N-ethyl adjacent to an activating group) is 1. The van der Waals surface area contributed by atoms with Crippen LogP contribution in [0.1, 0.15) is 19.4 Å². The third-order valence-electron chi connectivity index (χ3n) is 2.73. The van der Waals surface area contributed by atoms with Gasteiger partial charge in [-0.3, -0.25) is 0 Å². The molecule has 1 aliphatic rings. The van der Waals surface area contributed by atoms with Crippen LogP contribution in [0.15, 0.2) is 22.7 Å². The van der Waals surface area contributed by atoms with Crippen molar-refractivity contribution in [2.45, 2.75) is 19.3 Å². The van der Waals surface area contributed by atoms with Gasteiger partial charge in [0, 0.05) is 29.2 Å². The Morgan fingerprint density at radius 2 is 2.08 bits per heavy atom. The van der Waals surface area contributed by atoms with Gasteiger partial charge in [-0.05, 0) is 23.8 Å². The molecular weight excluding hydrogens is 226 g/mol. The first kappa shape index (κ1) is 9.07. The first-order valence-electron chi connectivity index (χ1n) is 4.52. The summed E-state index contributed by atoms with van der Waals surface area (Å²) in [5.41, 5.74) is 3.10. The second-order valence-electron chi connectivity index (χ2n) is 4.40. The standard InChI is InChI=1S/C11H14BrN/c1-11(2)7-13(3)10-5-4-8(12)6-9(10)11/h4-6H,7H2,1-3H3. The molecule has 0 bridgehead atoms. The van der Waals surface area contributed by atoms with Gasteiger partial charge < -0.3 is 4.90 Å². The van der Waals surface area contributed by atoms with E-state index in [2.05, 4.69) is 59.9 Å². The third-order valence-corrected chi connectivity index (χ3v) is 3.22. The Labute approximate surface area is 87.9 Å². The Bertz CT molecular complexity index is 344. The summed E-state index contributed by atoms with van der Waals surface area (Å²) in [4.78, 5) is 2.32. The maximum atomic E-state index is 3.52. The van der Waals surface area contributed by atoms with E-state index in [1.54, 1.807) is 0 Å². The van der Waals surface area contributed by atoms with E-state index in [1.165, 1.54) is 15.7 Å². The highest BCUT2D eigenvalue weighted by Gasteiger charge is 2.32. The number of rotatable bonds is 0. The summed E-state index contributed by atoms with van der Waals surface area (Å²) in [7, 11) is 2.15. The number of fused-ring (bicyclic) bond motifs is 1. The molecule has 0 radical (unpaired) electrons. The summed E-state index contributed by atoms with van der Waals surface area (Å²) in [5.74, 6) is 0. The smallest absolute Gasteiger partial charge is 0.0403 e. The molecule has 1 nitrogen and oxygen atoms in total. The van der Waals surface area contributed by atoms with Crippen LogP contribution in [0.5, 0.6) is 0 Å². The van der Waals surface area contributed by atoms with E-state index >= 15 is 0 Å². The molecule has 0 saturated heterocycles. The molecule has 0 fully saturated rings. The molecule has 1 heterocycles. The predicted octanol–water partition coefficient (Wildman–Crippen LogP) is 3.18. The largest absolute Gasteiger partial charge is 0.373 e. The van der Waals surface area contributed by atoms with Crippen LogP contribution in [0.2, 0.25) is 0 Å². The van der Waals surface area contributed by atoms with Crippen LogP contribution in [0, 0.1) is 0 Å². The van der Waals surface area contributed by atoms with E-state index in [4.69, 9.17) is 0 Å². The van der Waals surface area contributed by atoms with Crippen molar-refractivity contribution in [2.24, 2.45) is 0 Å². The van der Waals surface area contributed by atoms with Crippen molar-refractivity contribution in [1.82, 2.24) is 0 Å². The number of halogens is 1. The molecule has 0 N–H and O–H groups in total. The number of benzene rings is 1. The number of anilines is 1. The molecule has 1 aromatic carbocycles. The molecule has 0 amide bonds.